The van der Waals surface area contributed by atoms with Gasteiger partial charge in [0.2, 0.25) is 0 Å². The molecule has 2 N–H and O–H groups in total. The van der Waals surface area contributed by atoms with Gasteiger partial charge in [-0.1, -0.05) is 0 Å². The second-order valence-corrected chi connectivity index (χ2v) is 7.73. The lowest BCUT2D eigenvalue weighted by molar-refractivity contribution is 0.101. The second kappa shape index (κ2) is 8.21. The Morgan fingerprint density at radius 2 is 1.76 bits per heavy atom. The SMILES string of the molecule is O=C(Nc1ccc(F)c(F)c1)c1c(F)ccc(S(=O)(=O)N/C=C2\CCOC2)c1F. The van der Waals surface area contributed by atoms with Crippen LogP contribution in [-0.4, -0.2) is 27.5 Å². The monoisotopic (exact) mass is 430 g/mol. The van der Waals surface area contributed by atoms with Gasteiger partial charge in [-0.2, -0.15) is 0 Å². The predicted octanol–water partition coefficient (Wildman–Crippen LogP) is 3.08. The molecule has 1 heterocycles. The number of hydrogen-bond donors (Lipinski definition) is 2. The van der Waals surface area contributed by atoms with Crippen LogP contribution < -0.4 is 10.0 Å². The van der Waals surface area contributed by atoms with Gasteiger partial charge in [-0.3, -0.25) is 9.52 Å². The van der Waals surface area contributed by atoms with Gasteiger partial charge in [0.1, 0.15) is 16.3 Å². The van der Waals surface area contributed by atoms with E-state index in [1.54, 1.807) is 0 Å². The van der Waals surface area contributed by atoms with Crippen LogP contribution >= 0.6 is 0 Å². The van der Waals surface area contributed by atoms with Crippen LogP contribution in [0.4, 0.5) is 23.2 Å². The zero-order chi connectivity index (χ0) is 21.2. The van der Waals surface area contributed by atoms with E-state index in [1.165, 1.54) is 0 Å². The average Bonchev–Trinajstić information content (AvgIpc) is 3.17. The molecule has 0 aliphatic carbocycles. The molecule has 3 rings (SSSR count). The molecule has 1 aliphatic rings. The molecule has 1 fully saturated rings. The van der Waals surface area contributed by atoms with Gasteiger partial charge < -0.3 is 10.1 Å². The van der Waals surface area contributed by atoms with Crippen LogP contribution in [0.3, 0.4) is 0 Å². The number of amides is 1. The van der Waals surface area contributed by atoms with E-state index in [2.05, 4.69) is 4.72 Å². The molecule has 1 amide bonds. The fourth-order valence-electron chi connectivity index (χ4n) is 2.53. The average molecular weight is 430 g/mol. The smallest absolute Gasteiger partial charge is 0.264 e. The molecule has 154 valence electrons. The first-order chi connectivity index (χ1) is 13.7. The number of nitrogens with one attached hydrogen (secondary N) is 2. The van der Waals surface area contributed by atoms with Crippen LogP contribution in [0, 0.1) is 23.3 Å². The summed E-state index contributed by atoms with van der Waals surface area (Å²) in [6, 6.07) is 3.59. The Hall–Kier alpha value is -2.92. The van der Waals surface area contributed by atoms with Crippen molar-refractivity contribution in [3.8, 4) is 0 Å². The minimum Gasteiger partial charge on any atom is -0.377 e. The van der Waals surface area contributed by atoms with Gasteiger partial charge in [0.05, 0.1) is 13.2 Å². The normalized spacial score (nSPS) is 15.5. The zero-order valence-electron chi connectivity index (χ0n) is 14.6. The van der Waals surface area contributed by atoms with Crippen LogP contribution in [0.5, 0.6) is 0 Å². The first kappa shape index (κ1) is 20.8. The van der Waals surface area contributed by atoms with Gasteiger partial charge in [0.15, 0.2) is 17.5 Å². The Morgan fingerprint density at radius 3 is 2.41 bits per heavy atom. The Kier molecular flexibility index (Phi) is 5.89. The van der Waals surface area contributed by atoms with Crippen LogP contribution in [0.2, 0.25) is 0 Å². The number of benzene rings is 2. The Morgan fingerprint density at radius 1 is 1.03 bits per heavy atom. The van der Waals surface area contributed by atoms with E-state index < -0.39 is 49.7 Å². The van der Waals surface area contributed by atoms with Gasteiger partial charge in [0, 0.05) is 18.0 Å². The molecule has 1 saturated heterocycles. The lowest BCUT2D eigenvalue weighted by Crippen LogP contribution is -2.23. The van der Waals surface area contributed by atoms with Gasteiger partial charge in [-0.05, 0) is 36.3 Å². The van der Waals surface area contributed by atoms with Crippen molar-refractivity contribution >= 4 is 21.6 Å². The molecular weight excluding hydrogens is 416 g/mol. The molecule has 0 aromatic heterocycles. The van der Waals surface area contributed by atoms with Crippen LogP contribution in [0.15, 0.2) is 47.0 Å². The zero-order valence-corrected chi connectivity index (χ0v) is 15.5. The summed E-state index contributed by atoms with van der Waals surface area (Å²) in [5.41, 5.74) is -0.827. The molecule has 0 atom stereocenters. The summed E-state index contributed by atoms with van der Waals surface area (Å²) in [7, 11) is -4.45. The summed E-state index contributed by atoms with van der Waals surface area (Å²) in [6.07, 6.45) is 1.64. The topological polar surface area (TPSA) is 84.5 Å². The molecule has 0 unspecified atom stereocenters. The third-order valence-electron chi connectivity index (χ3n) is 4.02. The van der Waals surface area contributed by atoms with E-state index in [0.717, 1.165) is 12.3 Å². The maximum Gasteiger partial charge on any atom is 0.264 e. The largest absolute Gasteiger partial charge is 0.377 e. The molecule has 1 aliphatic heterocycles. The van der Waals surface area contributed by atoms with Crippen molar-refractivity contribution in [3.63, 3.8) is 0 Å². The van der Waals surface area contributed by atoms with E-state index in [0.29, 0.717) is 42.9 Å². The number of carbonyl (C=O) groups is 1. The summed E-state index contributed by atoms with van der Waals surface area (Å²) in [5, 5.41) is 1.99. The van der Waals surface area contributed by atoms with Crippen LogP contribution in [-0.2, 0) is 14.8 Å². The number of ether oxygens (including phenoxy) is 1. The molecule has 29 heavy (non-hydrogen) atoms. The first-order valence-electron chi connectivity index (χ1n) is 8.21. The van der Waals surface area contributed by atoms with E-state index in [-0.39, 0.29) is 12.3 Å². The first-order valence-corrected chi connectivity index (χ1v) is 9.70. The highest BCUT2D eigenvalue weighted by molar-refractivity contribution is 7.89. The van der Waals surface area contributed by atoms with Crippen molar-refractivity contribution in [2.75, 3.05) is 18.5 Å². The molecule has 11 heteroatoms. The highest BCUT2D eigenvalue weighted by atomic mass is 32.2. The van der Waals surface area contributed by atoms with Crippen molar-refractivity contribution in [2.45, 2.75) is 11.3 Å². The van der Waals surface area contributed by atoms with Gasteiger partial charge >= 0.3 is 0 Å². The third kappa shape index (κ3) is 4.57. The summed E-state index contributed by atoms with van der Waals surface area (Å²) >= 11 is 0. The molecule has 0 radical (unpaired) electrons. The predicted molar refractivity (Wildman–Crippen MR) is 94.5 cm³/mol. The quantitative estimate of drug-likeness (QED) is 0.715. The lowest BCUT2D eigenvalue weighted by Gasteiger charge is -2.11. The Balaban J connectivity index is 1.90. The van der Waals surface area contributed by atoms with E-state index >= 15 is 0 Å². The highest BCUT2D eigenvalue weighted by Gasteiger charge is 2.27. The molecule has 0 bridgehead atoms. The van der Waals surface area contributed by atoms with Crippen molar-refractivity contribution in [1.29, 1.82) is 0 Å². The third-order valence-corrected chi connectivity index (χ3v) is 5.35. The Labute approximate surface area is 163 Å². The number of sulfonamides is 1. The maximum absolute atomic E-state index is 14.7. The number of anilines is 1. The second-order valence-electron chi connectivity index (χ2n) is 6.04. The van der Waals surface area contributed by atoms with E-state index in [9.17, 15) is 30.8 Å². The van der Waals surface area contributed by atoms with Crippen LogP contribution in [0.25, 0.3) is 0 Å². The molecular formula is C18H14F4N2O4S. The van der Waals surface area contributed by atoms with Gasteiger partial charge in [-0.25, -0.2) is 26.0 Å². The summed E-state index contributed by atoms with van der Waals surface area (Å²) in [6.45, 7) is 0.642. The maximum atomic E-state index is 14.7. The number of carbonyl (C=O) groups excluding carboxylic acids is 1. The van der Waals surface area contributed by atoms with Crippen molar-refractivity contribution in [3.05, 3.63) is 70.9 Å². The van der Waals surface area contributed by atoms with E-state index in [4.69, 9.17) is 4.74 Å². The van der Waals surface area contributed by atoms with Crippen LogP contribution in [0.1, 0.15) is 16.8 Å². The van der Waals surface area contributed by atoms with E-state index in [1.807, 2.05) is 5.32 Å². The molecule has 0 saturated carbocycles. The minimum atomic E-state index is -4.45. The minimum absolute atomic E-state index is 0.219. The molecule has 2 aromatic rings. The van der Waals surface area contributed by atoms with Crippen molar-refractivity contribution in [1.82, 2.24) is 4.72 Å². The fourth-order valence-corrected chi connectivity index (χ4v) is 3.57. The summed E-state index contributed by atoms with van der Waals surface area (Å²) in [5.74, 6) is -6.79. The van der Waals surface area contributed by atoms with Crippen molar-refractivity contribution < 1.29 is 35.5 Å². The molecule has 0 spiro atoms. The fraction of sp³-hybridized carbons (Fsp3) is 0.167. The summed E-state index contributed by atoms with van der Waals surface area (Å²) in [4.78, 5) is 11.3. The van der Waals surface area contributed by atoms with Gasteiger partial charge in [0.25, 0.3) is 15.9 Å². The number of rotatable bonds is 5. The summed E-state index contributed by atoms with van der Waals surface area (Å²) < 4.78 is 86.8. The standard InChI is InChI=1S/C18H14F4N2O4S/c19-12-2-1-11(7-14(12)21)24-18(25)16-13(20)3-4-15(17(16)22)29(26,27)23-8-10-5-6-28-9-10/h1-4,7-8,23H,5-6,9H2,(H,24,25)/b10-8+. The molecule has 6 nitrogen and oxygen atoms in total. The molecule has 2 aromatic carbocycles. The highest BCUT2D eigenvalue weighted by Crippen LogP contribution is 2.23. The number of hydrogen-bond acceptors (Lipinski definition) is 4. The number of halogens is 4. The van der Waals surface area contributed by atoms with Crippen molar-refractivity contribution in [2.24, 2.45) is 0 Å². The Bertz CT molecular complexity index is 1100. The van der Waals surface area contributed by atoms with Gasteiger partial charge in [-0.15, -0.1) is 0 Å². The lowest BCUT2D eigenvalue weighted by atomic mass is 10.1.